The summed E-state index contributed by atoms with van der Waals surface area (Å²) in [6.07, 6.45) is 2.36. The van der Waals surface area contributed by atoms with Crippen LogP contribution in [0.4, 0.5) is 0 Å². The molecule has 1 aliphatic rings. The van der Waals surface area contributed by atoms with Crippen LogP contribution in [-0.2, 0) is 0 Å². The highest BCUT2D eigenvalue weighted by atomic mass is 32.1. The summed E-state index contributed by atoms with van der Waals surface area (Å²) in [5, 5.41) is 7.66. The number of nitrogens with one attached hydrogen (secondary N) is 2. The van der Waals surface area contributed by atoms with Gasteiger partial charge in [-0.1, -0.05) is 25.1 Å². The molecule has 1 amide bonds. The number of carbonyl (C=O) groups is 1. The van der Waals surface area contributed by atoms with Gasteiger partial charge >= 0.3 is 0 Å². The summed E-state index contributed by atoms with van der Waals surface area (Å²) in [4.78, 5) is 13.1. The van der Waals surface area contributed by atoms with Crippen LogP contribution in [0, 0.1) is 5.41 Å². The van der Waals surface area contributed by atoms with Gasteiger partial charge in [0, 0.05) is 17.8 Å². The third-order valence-electron chi connectivity index (χ3n) is 4.01. The Morgan fingerprint density at radius 2 is 2.30 bits per heavy atom. The van der Waals surface area contributed by atoms with Crippen LogP contribution in [0.2, 0.25) is 0 Å². The van der Waals surface area contributed by atoms with Crippen LogP contribution in [0.1, 0.15) is 29.4 Å². The highest BCUT2D eigenvalue weighted by molar-refractivity contribution is 7.20. The van der Waals surface area contributed by atoms with E-state index in [0.717, 1.165) is 29.9 Å². The van der Waals surface area contributed by atoms with Crippen LogP contribution in [0.5, 0.6) is 0 Å². The fraction of sp³-hybridized carbons (Fsp3) is 0.438. The number of carbonyl (C=O) groups excluding carboxylic acids is 1. The molecule has 20 heavy (non-hydrogen) atoms. The molecular weight excluding hydrogens is 268 g/mol. The predicted octanol–water partition coefficient (Wildman–Crippen LogP) is 3.02. The van der Waals surface area contributed by atoms with Crippen molar-refractivity contribution in [3.05, 3.63) is 35.2 Å². The fourth-order valence-corrected chi connectivity index (χ4v) is 3.72. The van der Waals surface area contributed by atoms with Crippen LogP contribution in [0.25, 0.3) is 10.1 Å². The minimum atomic E-state index is 0.0537. The van der Waals surface area contributed by atoms with Gasteiger partial charge in [-0.2, -0.15) is 0 Å². The lowest BCUT2D eigenvalue weighted by Crippen LogP contribution is -2.45. The number of piperidine rings is 1. The van der Waals surface area contributed by atoms with Gasteiger partial charge in [-0.3, -0.25) is 4.79 Å². The topological polar surface area (TPSA) is 41.1 Å². The van der Waals surface area contributed by atoms with Crippen LogP contribution >= 0.6 is 11.3 Å². The predicted molar refractivity (Wildman–Crippen MR) is 84.4 cm³/mol. The molecule has 1 saturated heterocycles. The van der Waals surface area contributed by atoms with Gasteiger partial charge in [0.2, 0.25) is 0 Å². The summed E-state index contributed by atoms with van der Waals surface area (Å²) in [6.45, 7) is 5.07. The van der Waals surface area contributed by atoms with Crippen molar-refractivity contribution in [2.24, 2.45) is 5.41 Å². The number of fused-ring (bicyclic) bond motifs is 1. The van der Waals surface area contributed by atoms with Crippen molar-refractivity contribution in [1.82, 2.24) is 10.6 Å². The van der Waals surface area contributed by atoms with E-state index in [-0.39, 0.29) is 11.3 Å². The number of thiophene rings is 1. The third kappa shape index (κ3) is 2.86. The van der Waals surface area contributed by atoms with E-state index >= 15 is 0 Å². The molecule has 1 unspecified atom stereocenters. The van der Waals surface area contributed by atoms with Gasteiger partial charge in [0.1, 0.15) is 0 Å². The first-order valence-electron chi connectivity index (χ1n) is 7.14. The standard InChI is InChI=1S/C16H20N2OS/c1-16(7-4-8-17-10-16)11-18-15(19)14-9-12-5-2-3-6-13(12)20-14/h2-3,5-6,9,17H,4,7-8,10-11H2,1H3,(H,18,19). The molecule has 3 rings (SSSR count). The lowest BCUT2D eigenvalue weighted by atomic mass is 9.83. The molecule has 106 valence electrons. The highest BCUT2D eigenvalue weighted by Crippen LogP contribution is 2.27. The Morgan fingerprint density at radius 1 is 1.45 bits per heavy atom. The van der Waals surface area contributed by atoms with Gasteiger partial charge < -0.3 is 10.6 Å². The van der Waals surface area contributed by atoms with Gasteiger partial charge in [-0.25, -0.2) is 0 Å². The summed E-state index contributed by atoms with van der Waals surface area (Å²) >= 11 is 1.56. The molecule has 2 aromatic rings. The maximum absolute atomic E-state index is 12.3. The second-order valence-corrected chi connectivity index (χ2v) is 7.01. The first-order valence-corrected chi connectivity index (χ1v) is 7.95. The van der Waals surface area contributed by atoms with E-state index in [2.05, 4.69) is 29.7 Å². The van der Waals surface area contributed by atoms with E-state index in [1.807, 2.05) is 18.2 Å². The van der Waals surface area contributed by atoms with Crippen LogP contribution in [-0.4, -0.2) is 25.5 Å². The number of rotatable bonds is 3. The van der Waals surface area contributed by atoms with Crippen molar-refractivity contribution < 1.29 is 4.79 Å². The fourth-order valence-electron chi connectivity index (χ4n) is 2.74. The van der Waals surface area contributed by atoms with Gasteiger partial charge in [-0.05, 0) is 42.3 Å². The first kappa shape index (κ1) is 13.6. The van der Waals surface area contributed by atoms with Gasteiger partial charge in [0.25, 0.3) is 5.91 Å². The van der Waals surface area contributed by atoms with Crippen LogP contribution < -0.4 is 10.6 Å². The lowest BCUT2D eigenvalue weighted by molar-refractivity contribution is 0.0929. The molecule has 1 atom stereocenters. The Kier molecular flexibility index (Phi) is 3.76. The number of hydrogen-bond donors (Lipinski definition) is 2. The molecular formula is C16H20N2OS. The molecule has 3 nitrogen and oxygen atoms in total. The number of benzene rings is 1. The molecule has 0 aliphatic carbocycles. The second-order valence-electron chi connectivity index (χ2n) is 5.92. The molecule has 0 saturated carbocycles. The Hall–Kier alpha value is -1.39. The van der Waals surface area contributed by atoms with Crippen molar-refractivity contribution in [2.45, 2.75) is 19.8 Å². The lowest BCUT2D eigenvalue weighted by Gasteiger charge is -2.34. The van der Waals surface area contributed by atoms with Gasteiger partial charge in [0.05, 0.1) is 4.88 Å². The van der Waals surface area contributed by atoms with Gasteiger partial charge in [0.15, 0.2) is 0 Å². The van der Waals surface area contributed by atoms with Crippen molar-refractivity contribution in [1.29, 1.82) is 0 Å². The summed E-state index contributed by atoms with van der Waals surface area (Å²) in [6, 6.07) is 10.1. The van der Waals surface area contributed by atoms with Crippen molar-refractivity contribution in [3.63, 3.8) is 0 Å². The molecule has 2 N–H and O–H groups in total. The molecule has 1 fully saturated rings. The second kappa shape index (κ2) is 5.54. The SMILES string of the molecule is CC1(CNC(=O)c2cc3ccccc3s2)CCCNC1. The van der Waals surface area contributed by atoms with Crippen LogP contribution in [0.15, 0.2) is 30.3 Å². The highest BCUT2D eigenvalue weighted by Gasteiger charge is 2.27. The number of amides is 1. The molecule has 1 aromatic carbocycles. The normalized spacial score (nSPS) is 22.9. The Morgan fingerprint density at radius 3 is 3.05 bits per heavy atom. The summed E-state index contributed by atoms with van der Waals surface area (Å²) < 4.78 is 1.17. The molecule has 0 radical (unpaired) electrons. The van der Waals surface area contributed by atoms with Crippen molar-refractivity contribution in [2.75, 3.05) is 19.6 Å². The summed E-state index contributed by atoms with van der Waals surface area (Å²) in [5.74, 6) is 0.0537. The molecule has 1 aliphatic heterocycles. The smallest absolute Gasteiger partial charge is 0.261 e. The summed E-state index contributed by atoms with van der Waals surface area (Å²) in [5.41, 5.74) is 0.185. The molecule has 2 heterocycles. The van der Waals surface area contributed by atoms with E-state index in [4.69, 9.17) is 0 Å². The zero-order valence-corrected chi connectivity index (χ0v) is 12.6. The Bertz CT molecular complexity index is 581. The van der Waals surface area contributed by atoms with E-state index in [1.54, 1.807) is 11.3 Å². The minimum absolute atomic E-state index is 0.0537. The quantitative estimate of drug-likeness (QED) is 0.911. The Balaban J connectivity index is 1.66. The third-order valence-corrected chi connectivity index (χ3v) is 5.13. The largest absolute Gasteiger partial charge is 0.351 e. The number of hydrogen-bond acceptors (Lipinski definition) is 3. The minimum Gasteiger partial charge on any atom is -0.351 e. The van der Waals surface area contributed by atoms with Crippen molar-refractivity contribution in [3.8, 4) is 0 Å². The monoisotopic (exact) mass is 288 g/mol. The maximum atomic E-state index is 12.3. The summed E-state index contributed by atoms with van der Waals surface area (Å²) in [7, 11) is 0. The van der Waals surface area contributed by atoms with E-state index in [9.17, 15) is 4.79 Å². The zero-order chi connectivity index (χ0) is 14.0. The van der Waals surface area contributed by atoms with E-state index < -0.39 is 0 Å². The molecule has 0 spiro atoms. The maximum Gasteiger partial charge on any atom is 0.261 e. The van der Waals surface area contributed by atoms with E-state index in [0.29, 0.717) is 0 Å². The molecule has 1 aromatic heterocycles. The Labute approximate surface area is 123 Å². The average molecular weight is 288 g/mol. The molecule has 4 heteroatoms. The van der Waals surface area contributed by atoms with Crippen LogP contribution in [0.3, 0.4) is 0 Å². The molecule has 0 bridgehead atoms. The van der Waals surface area contributed by atoms with E-state index in [1.165, 1.54) is 17.5 Å². The first-order chi connectivity index (χ1) is 9.66. The van der Waals surface area contributed by atoms with Gasteiger partial charge in [-0.15, -0.1) is 11.3 Å². The zero-order valence-electron chi connectivity index (χ0n) is 11.7. The average Bonchev–Trinajstić information content (AvgIpc) is 2.89. The van der Waals surface area contributed by atoms with Crippen molar-refractivity contribution >= 4 is 27.3 Å².